The van der Waals surface area contributed by atoms with Gasteiger partial charge in [0.05, 0.1) is 17.0 Å². The lowest BCUT2D eigenvalue weighted by molar-refractivity contribution is 0.0949. The highest BCUT2D eigenvalue weighted by Crippen LogP contribution is 2.24. The summed E-state index contributed by atoms with van der Waals surface area (Å²) >= 11 is 0. The van der Waals surface area contributed by atoms with Crippen LogP contribution < -0.4 is 11.3 Å². The molecular weight excluding hydrogens is 366 g/mol. The Morgan fingerprint density at radius 3 is 2.58 bits per heavy atom. The Morgan fingerprint density at radius 2 is 1.96 bits per heavy atom. The SMILES string of the molecule is CS(=O)(=O)c1ccc2c(C(=O)NN)nn(Cc3ccc(F)cc3F)c2c1. The molecule has 0 spiro atoms. The van der Waals surface area contributed by atoms with E-state index in [-0.39, 0.29) is 22.7 Å². The first-order valence-electron chi connectivity index (χ1n) is 7.36. The van der Waals surface area contributed by atoms with Gasteiger partial charge in [-0.1, -0.05) is 6.07 Å². The van der Waals surface area contributed by atoms with Gasteiger partial charge in [0, 0.05) is 23.3 Å². The van der Waals surface area contributed by atoms with Crippen molar-refractivity contribution in [2.24, 2.45) is 5.84 Å². The van der Waals surface area contributed by atoms with Crippen molar-refractivity contribution < 1.29 is 22.0 Å². The van der Waals surface area contributed by atoms with Crippen LogP contribution in [0.1, 0.15) is 16.1 Å². The van der Waals surface area contributed by atoms with Gasteiger partial charge in [-0.2, -0.15) is 5.10 Å². The number of hydrogen-bond donors (Lipinski definition) is 2. The van der Waals surface area contributed by atoms with Gasteiger partial charge in [0.2, 0.25) is 0 Å². The topological polar surface area (TPSA) is 107 Å². The van der Waals surface area contributed by atoms with Gasteiger partial charge in [0.1, 0.15) is 11.6 Å². The van der Waals surface area contributed by atoms with E-state index in [4.69, 9.17) is 5.84 Å². The van der Waals surface area contributed by atoms with Gasteiger partial charge in [-0.3, -0.25) is 14.9 Å². The molecule has 0 unspecified atom stereocenters. The van der Waals surface area contributed by atoms with E-state index in [1.54, 1.807) is 0 Å². The number of nitrogens with two attached hydrogens (primary N) is 1. The number of benzene rings is 2. The molecule has 3 N–H and O–H groups in total. The molecule has 2 aromatic carbocycles. The van der Waals surface area contributed by atoms with Gasteiger partial charge >= 0.3 is 0 Å². The molecule has 0 aliphatic rings. The largest absolute Gasteiger partial charge is 0.289 e. The summed E-state index contributed by atoms with van der Waals surface area (Å²) in [6.07, 6.45) is 1.04. The van der Waals surface area contributed by atoms with Crippen molar-refractivity contribution in [3.63, 3.8) is 0 Å². The number of halogens is 2. The predicted octanol–water partition coefficient (Wildman–Crippen LogP) is 1.37. The minimum Gasteiger partial charge on any atom is -0.289 e. The molecule has 0 bridgehead atoms. The third kappa shape index (κ3) is 3.28. The predicted molar refractivity (Wildman–Crippen MR) is 90.0 cm³/mol. The van der Waals surface area contributed by atoms with E-state index in [2.05, 4.69) is 5.10 Å². The van der Waals surface area contributed by atoms with Gasteiger partial charge in [-0.05, 0) is 24.3 Å². The molecule has 7 nitrogen and oxygen atoms in total. The Bertz CT molecular complexity index is 1130. The standard InChI is InChI=1S/C16H14F2N4O3S/c1-26(24,25)11-4-5-12-14(7-11)22(21-15(12)16(23)20-19)8-9-2-3-10(17)6-13(9)18/h2-7H,8,19H2,1H3,(H,20,23). The Morgan fingerprint density at radius 1 is 1.23 bits per heavy atom. The third-order valence-electron chi connectivity index (χ3n) is 3.83. The highest BCUT2D eigenvalue weighted by molar-refractivity contribution is 7.90. The summed E-state index contributed by atoms with van der Waals surface area (Å²) in [5, 5.41) is 4.46. The lowest BCUT2D eigenvalue weighted by Crippen LogP contribution is -2.30. The average Bonchev–Trinajstić information content (AvgIpc) is 2.94. The third-order valence-corrected chi connectivity index (χ3v) is 4.94. The Hall–Kier alpha value is -2.85. The quantitative estimate of drug-likeness (QED) is 0.404. The van der Waals surface area contributed by atoms with Crippen LogP contribution in [0.25, 0.3) is 10.9 Å². The Kier molecular flexibility index (Phi) is 4.46. The monoisotopic (exact) mass is 380 g/mol. The van der Waals surface area contributed by atoms with E-state index in [0.717, 1.165) is 18.4 Å². The maximum atomic E-state index is 14.0. The van der Waals surface area contributed by atoms with E-state index < -0.39 is 27.4 Å². The molecule has 0 aliphatic heterocycles. The van der Waals surface area contributed by atoms with Crippen molar-refractivity contribution >= 4 is 26.6 Å². The van der Waals surface area contributed by atoms with Gasteiger partial charge in [0.15, 0.2) is 15.5 Å². The molecule has 0 fully saturated rings. The fourth-order valence-corrected chi connectivity index (χ4v) is 3.19. The second kappa shape index (κ2) is 6.46. The molecule has 136 valence electrons. The highest BCUT2D eigenvalue weighted by Gasteiger charge is 2.19. The van der Waals surface area contributed by atoms with Crippen LogP contribution in [0.5, 0.6) is 0 Å². The van der Waals surface area contributed by atoms with Crippen LogP contribution in [0.4, 0.5) is 8.78 Å². The first kappa shape index (κ1) is 18.0. The number of nitrogens with zero attached hydrogens (tertiary/aromatic N) is 2. The van der Waals surface area contributed by atoms with E-state index in [9.17, 15) is 22.0 Å². The fourth-order valence-electron chi connectivity index (χ4n) is 2.55. The molecule has 3 aromatic rings. The van der Waals surface area contributed by atoms with Crippen molar-refractivity contribution in [3.05, 3.63) is 59.3 Å². The summed E-state index contributed by atoms with van der Waals surface area (Å²) < 4.78 is 51.9. The maximum Gasteiger partial charge on any atom is 0.286 e. The van der Waals surface area contributed by atoms with E-state index in [0.29, 0.717) is 10.9 Å². The number of fused-ring (bicyclic) bond motifs is 1. The smallest absolute Gasteiger partial charge is 0.286 e. The van der Waals surface area contributed by atoms with E-state index >= 15 is 0 Å². The van der Waals surface area contributed by atoms with E-state index in [1.807, 2.05) is 5.43 Å². The van der Waals surface area contributed by atoms with Crippen molar-refractivity contribution in [1.82, 2.24) is 15.2 Å². The van der Waals surface area contributed by atoms with Gasteiger partial charge in [-0.25, -0.2) is 23.0 Å². The molecular formula is C16H14F2N4O3S. The van der Waals surface area contributed by atoms with Crippen LogP contribution in [0.3, 0.4) is 0 Å². The summed E-state index contributed by atoms with van der Waals surface area (Å²) in [4.78, 5) is 12.0. The number of aromatic nitrogens is 2. The first-order valence-corrected chi connectivity index (χ1v) is 9.25. The molecule has 10 heteroatoms. The van der Waals surface area contributed by atoms with Crippen molar-refractivity contribution in [3.8, 4) is 0 Å². The second-order valence-electron chi connectivity index (χ2n) is 5.67. The van der Waals surface area contributed by atoms with Gasteiger partial charge in [-0.15, -0.1) is 0 Å². The van der Waals surface area contributed by atoms with E-state index in [1.165, 1.54) is 28.9 Å². The van der Waals surface area contributed by atoms with Gasteiger partial charge < -0.3 is 0 Å². The number of hydrogen-bond acceptors (Lipinski definition) is 5. The number of amides is 1. The maximum absolute atomic E-state index is 14.0. The summed E-state index contributed by atoms with van der Waals surface area (Å²) in [6, 6.07) is 7.19. The van der Waals surface area contributed by atoms with Crippen LogP contribution in [0, 0.1) is 11.6 Å². The first-order chi connectivity index (χ1) is 12.2. The molecule has 1 amide bonds. The normalized spacial score (nSPS) is 11.7. The number of nitrogens with one attached hydrogen (secondary N) is 1. The molecule has 1 heterocycles. The molecule has 0 aliphatic carbocycles. The molecule has 0 radical (unpaired) electrons. The van der Waals surface area contributed by atoms with Crippen LogP contribution in [-0.4, -0.2) is 30.4 Å². The lowest BCUT2D eigenvalue weighted by atomic mass is 10.2. The van der Waals surface area contributed by atoms with Crippen molar-refractivity contribution in [2.45, 2.75) is 11.4 Å². The zero-order chi connectivity index (χ0) is 19.1. The number of rotatable bonds is 4. The minimum absolute atomic E-state index is 0.0189. The number of nitrogen functional groups attached to an aromatic ring is 1. The Balaban J connectivity index is 2.20. The fraction of sp³-hybridized carbons (Fsp3) is 0.125. The second-order valence-corrected chi connectivity index (χ2v) is 7.68. The molecule has 26 heavy (non-hydrogen) atoms. The number of carbonyl (C=O) groups is 1. The van der Waals surface area contributed by atoms with Crippen LogP contribution in [-0.2, 0) is 16.4 Å². The molecule has 0 saturated carbocycles. The Labute approximate surface area is 147 Å². The van der Waals surface area contributed by atoms with Crippen molar-refractivity contribution in [1.29, 1.82) is 0 Å². The number of hydrazine groups is 1. The average molecular weight is 380 g/mol. The zero-order valence-corrected chi connectivity index (χ0v) is 14.3. The minimum atomic E-state index is -3.50. The molecule has 3 rings (SSSR count). The van der Waals surface area contributed by atoms with Crippen LogP contribution in [0.2, 0.25) is 0 Å². The summed E-state index contributed by atoms with van der Waals surface area (Å²) in [5.41, 5.74) is 2.35. The summed E-state index contributed by atoms with van der Waals surface area (Å²) in [7, 11) is -3.50. The lowest BCUT2D eigenvalue weighted by Gasteiger charge is -2.06. The van der Waals surface area contributed by atoms with Crippen LogP contribution >= 0.6 is 0 Å². The number of sulfone groups is 1. The number of carbonyl (C=O) groups excluding carboxylic acids is 1. The summed E-state index contributed by atoms with van der Waals surface area (Å²) in [6.45, 7) is -0.131. The van der Waals surface area contributed by atoms with Crippen LogP contribution in [0.15, 0.2) is 41.3 Å². The molecule has 0 atom stereocenters. The molecule has 1 aromatic heterocycles. The van der Waals surface area contributed by atoms with Crippen molar-refractivity contribution in [2.75, 3.05) is 6.26 Å². The highest BCUT2D eigenvalue weighted by atomic mass is 32.2. The zero-order valence-electron chi connectivity index (χ0n) is 13.5. The van der Waals surface area contributed by atoms with Gasteiger partial charge in [0.25, 0.3) is 5.91 Å². The summed E-state index contributed by atoms with van der Waals surface area (Å²) in [5.74, 6) is 2.97. The molecule has 0 saturated heterocycles.